The van der Waals surface area contributed by atoms with Gasteiger partial charge in [-0.15, -0.1) is 12.3 Å². The molecule has 0 aliphatic carbocycles. The fraction of sp³-hybridized carbons (Fsp3) is 0.435. The highest BCUT2D eigenvalue weighted by atomic mass is 19.4. The largest absolute Gasteiger partial charge is 0.428 e. The number of halogens is 3. The van der Waals surface area contributed by atoms with Crippen molar-refractivity contribution < 1.29 is 22.7 Å². The van der Waals surface area contributed by atoms with Crippen molar-refractivity contribution in [2.45, 2.75) is 58.2 Å². The van der Waals surface area contributed by atoms with Gasteiger partial charge in [0.1, 0.15) is 0 Å². The van der Waals surface area contributed by atoms with E-state index in [-0.39, 0.29) is 37.6 Å². The summed E-state index contributed by atoms with van der Waals surface area (Å²) in [5.74, 6) is 2.74. The Bertz CT molecular complexity index is 1150. The molecule has 3 N–H and O–H groups in total. The molecule has 11 heteroatoms. The molecular weight excluding hydrogens is 451 g/mol. The number of carbonyl (C=O) groups excluding carboxylic acids is 1. The smallest absolute Gasteiger partial charge is 0.416 e. The molecule has 0 atom stereocenters. The van der Waals surface area contributed by atoms with Crippen molar-refractivity contribution in [1.29, 1.82) is 0 Å². The number of ether oxygens (including phenoxy) is 1. The Kier molecular flexibility index (Phi) is 7.21. The van der Waals surface area contributed by atoms with Gasteiger partial charge in [-0.2, -0.15) is 13.2 Å². The topological polar surface area (TPSA) is 102 Å². The quantitative estimate of drug-likeness (QED) is 0.490. The van der Waals surface area contributed by atoms with E-state index in [1.807, 2.05) is 0 Å². The Labute approximate surface area is 194 Å². The minimum Gasteiger partial charge on any atom is -0.428 e. The van der Waals surface area contributed by atoms with Crippen molar-refractivity contribution in [2.75, 3.05) is 11.9 Å². The third-order valence-corrected chi connectivity index (χ3v) is 5.14. The second kappa shape index (κ2) is 9.77. The first kappa shape index (κ1) is 25.1. The van der Waals surface area contributed by atoms with Gasteiger partial charge in [0.25, 0.3) is 5.56 Å². The first-order valence-corrected chi connectivity index (χ1v) is 10.6. The molecule has 1 aliphatic heterocycles. The highest BCUT2D eigenvalue weighted by Crippen LogP contribution is 2.29. The second-order valence-electron chi connectivity index (χ2n) is 8.46. The Morgan fingerprint density at radius 2 is 1.97 bits per heavy atom. The molecule has 1 aromatic carbocycles. The van der Waals surface area contributed by atoms with E-state index in [4.69, 9.17) is 16.9 Å². The first-order chi connectivity index (χ1) is 15.9. The summed E-state index contributed by atoms with van der Waals surface area (Å²) < 4.78 is 44.9. The van der Waals surface area contributed by atoms with Gasteiger partial charge in [-0.3, -0.25) is 15.1 Å². The first-order valence-electron chi connectivity index (χ1n) is 10.6. The van der Waals surface area contributed by atoms with Gasteiger partial charge in [-0.1, -0.05) is 12.1 Å². The Morgan fingerprint density at radius 3 is 2.56 bits per heavy atom. The van der Waals surface area contributed by atoms with E-state index in [0.29, 0.717) is 29.8 Å². The number of alkyl halides is 3. The van der Waals surface area contributed by atoms with Gasteiger partial charge in [0, 0.05) is 32.5 Å². The maximum Gasteiger partial charge on any atom is 0.416 e. The van der Waals surface area contributed by atoms with Crippen LogP contribution in [0.5, 0.6) is 0 Å². The van der Waals surface area contributed by atoms with Gasteiger partial charge >= 0.3 is 12.3 Å². The lowest BCUT2D eigenvalue weighted by molar-refractivity contribution is -0.137. The van der Waals surface area contributed by atoms with Crippen molar-refractivity contribution >= 4 is 12.0 Å². The summed E-state index contributed by atoms with van der Waals surface area (Å²) in [6.07, 6.45) is 0.923. The number of fused-ring (bicyclic) bond motifs is 1. The van der Waals surface area contributed by atoms with E-state index in [1.54, 1.807) is 13.8 Å². The minimum absolute atomic E-state index is 0.0192. The number of nitrogens with one attached hydrogen (secondary N) is 1. The van der Waals surface area contributed by atoms with E-state index < -0.39 is 23.6 Å². The molecule has 1 amide bonds. The molecule has 3 rings (SSSR count). The Balaban J connectivity index is 1.84. The van der Waals surface area contributed by atoms with Gasteiger partial charge in [-0.25, -0.2) is 9.78 Å². The average molecular weight is 477 g/mol. The van der Waals surface area contributed by atoms with Crippen LogP contribution in [0.25, 0.3) is 0 Å². The number of rotatable bonds is 6. The zero-order chi connectivity index (χ0) is 25.1. The molecule has 0 bridgehead atoms. The number of hydrogen-bond acceptors (Lipinski definition) is 6. The molecule has 0 spiro atoms. The summed E-state index contributed by atoms with van der Waals surface area (Å²) in [7, 11) is 0. The van der Waals surface area contributed by atoms with Crippen LogP contribution < -0.4 is 16.6 Å². The van der Waals surface area contributed by atoms with E-state index >= 15 is 0 Å². The van der Waals surface area contributed by atoms with Crippen LogP contribution in [0.1, 0.15) is 42.7 Å². The van der Waals surface area contributed by atoms with Crippen LogP contribution in [0.3, 0.4) is 0 Å². The number of aromatic nitrogens is 2. The highest BCUT2D eigenvalue weighted by Gasteiger charge is 2.31. The van der Waals surface area contributed by atoms with Crippen LogP contribution in [0.4, 0.5) is 23.9 Å². The number of terminal acetylenes is 1. The van der Waals surface area contributed by atoms with E-state index in [2.05, 4.69) is 16.2 Å². The second-order valence-corrected chi connectivity index (χ2v) is 8.46. The predicted molar refractivity (Wildman–Crippen MR) is 120 cm³/mol. The van der Waals surface area contributed by atoms with Gasteiger partial charge in [0.2, 0.25) is 5.95 Å². The molecule has 182 valence electrons. The molecule has 2 heterocycles. The molecule has 0 radical (unpaired) electrons. The minimum atomic E-state index is -4.41. The van der Waals surface area contributed by atoms with Crippen LogP contribution in [-0.2, 0) is 37.0 Å². The molecule has 1 aromatic heterocycles. The van der Waals surface area contributed by atoms with Crippen LogP contribution in [0.15, 0.2) is 29.1 Å². The monoisotopic (exact) mass is 477 g/mol. The third-order valence-electron chi connectivity index (χ3n) is 5.14. The number of nitrogens with two attached hydrogens (primary N) is 1. The summed E-state index contributed by atoms with van der Waals surface area (Å²) in [5, 5.41) is 3.03. The zero-order valence-corrected chi connectivity index (χ0v) is 18.9. The van der Waals surface area contributed by atoms with E-state index in [0.717, 1.165) is 12.1 Å². The number of amides is 1. The van der Waals surface area contributed by atoms with Crippen LogP contribution in [0, 0.1) is 12.3 Å². The van der Waals surface area contributed by atoms with E-state index in [9.17, 15) is 22.8 Å². The van der Waals surface area contributed by atoms with Gasteiger partial charge < -0.3 is 15.0 Å². The maximum atomic E-state index is 13.2. The van der Waals surface area contributed by atoms with Crippen molar-refractivity contribution in [3.63, 3.8) is 0 Å². The molecule has 0 saturated carbocycles. The standard InChI is InChI=1S/C23H26F3N5O3/c1-4-5-11-31-19(32)17-14-30(21(33)34-22(2,3)27)12-10-18(17)29-20(31)28-13-15-6-8-16(9-7-15)23(24,25)26/h1,6-9H,5,10-14,27H2,2-3H3,(H,28,29). The molecule has 34 heavy (non-hydrogen) atoms. The third kappa shape index (κ3) is 6.08. The normalized spacial score (nSPS) is 13.7. The fourth-order valence-corrected chi connectivity index (χ4v) is 3.47. The summed E-state index contributed by atoms with van der Waals surface area (Å²) in [6, 6.07) is 4.72. The molecule has 0 unspecified atom stereocenters. The average Bonchev–Trinajstić information content (AvgIpc) is 2.75. The van der Waals surface area contributed by atoms with Gasteiger partial charge in [0.15, 0.2) is 5.72 Å². The van der Waals surface area contributed by atoms with Crippen molar-refractivity contribution in [1.82, 2.24) is 14.5 Å². The van der Waals surface area contributed by atoms with Crippen LogP contribution >= 0.6 is 0 Å². The highest BCUT2D eigenvalue weighted by molar-refractivity contribution is 5.68. The van der Waals surface area contributed by atoms with Gasteiger partial charge in [-0.05, 0) is 31.5 Å². The SMILES string of the molecule is C#CCCn1c(NCc2ccc(C(F)(F)F)cc2)nc2c(c1=O)CN(C(=O)OC(C)(C)N)CC2. The lowest BCUT2D eigenvalue weighted by Gasteiger charge is -2.31. The Hall–Kier alpha value is -3.52. The summed E-state index contributed by atoms with van der Waals surface area (Å²) >= 11 is 0. The van der Waals surface area contributed by atoms with Crippen molar-refractivity contribution in [3.8, 4) is 12.3 Å². The lowest BCUT2D eigenvalue weighted by atomic mass is 10.1. The number of carbonyl (C=O) groups is 1. The molecular formula is C23H26F3N5O3. The summed E-state index contributed by atoms with van der Waals surface area (Å²) in [5.41, 5.74) is 4.98. The fourth-order valence-electron chi connectivity index (χ4n) is 3.47. The Morgan fingerprint density at radius 1 is 1.29 bits per heavy atom. The van der Waals surface area contributed by atoms with Crippen molar-refractivity contribution in [3.05, 3.63) is 57.0 Å². The van der Waals surface area contributed by atoms with Crippen molar-refractivity contribution in [2.24, 2.45) is 5.73 Å². The molecule has 0 saturated heterocycles. The number of hydrogen-bond donors (Lipinski definition) is 2. The summed E-state index contributed by atoms with van der Waals surface area (Å²) in [6.45, 7) is 3.75. The van der Waals surface area contributed by atoms with E-state index in [1.165, 1.54) is 21.6 Å². The van der Waals surface area contributed by atoms with Crippen LogP contribution in [0.2, 0.25) is 0 Å². The van der Waals surface area contributed by atoms with Crippen LogP contribution in [-0.4, -0.2) is 32.8 Å². The molecule has 8 nitrogen and oxygen atoms in total. The lowest BCUT2D eigenvalue weighted by Crippen LogP contribution is -2.46. The molecule has 0 fully saturated rings. The maximum absolute atomic E-state index is 13.2. The molecule has 1 aliphatic rings. The van der Waals surface area contributed by atoms with Gasteiger partial charge in [0.05, 0.1) is 23.4 Å². The number of nitrogens with zero attached hydrogens (tertiary/aromatic N) is 3. The number of anilines is 1. The zero-order valence-electron chi connectivity index (χ0n) is 18.9. The molecule has 2 aromatic rings. The summed E-state index contributed by atoms with van der Waals surface area (Å²) in [4.78, 5) is 31.6. The number of benzene rings is 1. The predicted octanol–water partition coefficient (Wildman–Crippen LogP) is 3.09.